The van der Waals surface area contributed by atoms with Crippen molar-refractivity contribution in [3.63, 3.8) is 0 Å². The number of nitrogens with two attached hydrogens (primary N) is 1. The molecule has 400 valence electrons. The molecule has 5 heterocycles. The molecule has 3 unspecified atom stereocenters. The molecule has 2 aromatic rings. The molecular weight excluding hydrogens is 991 g/mol. The van der Waals surface area contributed by atoms with Crippen LogP contribution in [0.15, 0.2) is 35.4 Å². The van der Waals surface area contributed by atoms with Crippen LogP contribution in [0.5, 0.6) is 0 Å². The van der Waals surface area contributed by atoms with E-state index in [2.05, 4.69) is 31.6 Å². The summed E-state index contributed by atoms with van der Waals surface area (Å²) < 4.78 is 15.0. The number of amides is 9. The largest absolute Gasteiger partial charge is 0.394 e. The molecule has 0 saturated carbocycles. The maximum atomic E-state index is 15.0. The number of aromatic nitrogens is 1. The number of carbonyl (C=O) groups is 12. The number of benzene rings is 1. The zero-order valence-electron chi connectivity index (χ0n) is 40.9. The lowest BCUT2D eigenvalue weighted by Gasteiger charge is -2.32. The Hall–Kier alpha value is -7.03. The minimum Gasteiger partial charge on any atom is -0.394 e. The first-order chi connectivity index (χ1) is 35.0. The van der Waals surface area contributed by atoms with E-state index in [0.717, 1.165) is 22.0 Å². The van der Waals surface area contributed by atoms with Gasteiger partial charge in [0.1, 0.15) is 23.2 Å². The first-order valence-electron chi connectivity index (χ1n) is 24.1. The first-order valence-corrected chi connectivity index (χ1v) is 25.5. The van der Waals surface area contributed by atoms with Gasteiger partial charge in [-0.15, -0.1) is 0 Å². The van der Waals surface area contributed by atoms with E-state index in [0.29, 0.717) is 12.0 Å². The number of aliphatic hydroxyl groups excluding tert-OH is 3. The van der Waals surface area contributed by atoms with E-state index in [1.54, 1.807) is 13.8 Å². The molecular formula is C48H61N9O16S. The van der Waals surface area contributed by atoms with Gasteiger partial charge in [0.25, 0.3) is 11.8 Å². The van der Waals surface area contributed by atoms with Gasteiger partial charge in [0.15, 0.2) is 17.3 Å². The number of rotatable bonds is 11. The molecule has 26 heteroatoms. The van der Waals surface area contributed by atoms with Crippen LogP contribution in [0.25, 0.3) is 10.9 Å². The Kier molecular flexibility index (Phi) is 18.5. The fourth-order valence-electron chi connectivity index (χ4n) is 9.39. The molecule has 25 nitrogen and oxygen atoms in total. The van der Waals surface area contributed by atoms with E-state index in [9.17, 15) is 77.1 Å². The predicted octanol–water partition coefficient (Wildman–Crippen LogP) is -4.27. The third-order valence-electron chi connectivity index (χ3n) is 13.8. The lowest BCUT2D eigenvalue weighted by molar-refractivity contribution is -0.145. The van der Waals surface area contributed by atoms with Crippen LogP contribution >= 0.6 is 0 Å². The molecule has 1 aromatic carbocycles. The summed E-state index contributed by atoms with van der Waals surface area (Å²) in [5.41, 5.74) is 6.12. The molecule has 0 aliphatic carbocycles. The molecule has 1 fully saturated rings. The second kappa shape index (κ2) is 24.3. The van der Waals surface area contributed by atoms with E-state index < -0.39 is 212 Å². The molecule has 11 atom stereocenters. The summed E-state index contributed by atoms with van der Waals surface area (Å²) in [5, 5.41) is 44.3. The smallest absolute Gasteiger partial charge is 0.254 e. The Morgan fingerprint density at radius 3 is 2.22 bits per heavy atom. The molecule has 2 bridgehead atoms. The fraction of sp³-hybridized carbons (Fsp3) is 0.542. The number of imide groups is 1. The number of aromatic amines is 1. The van der Waals surface area contributed by atoms with Crippen molar-refractivity contribution in [3.05, 3.63) is 41.5 Å². The van der Waals surface area contributed by atoms with Crippen molar-refractivity contribution < 1.29 is 77.1 Å². The van der Waals surface area contributed by atoms with Gasteiger partial charge in [-0.1, -0.05) is 33.3 Å². The number of fused-ring (bicyclic) bond motifs is 5. The Bertz CT molecular complexity index is 2670. The van der Waals surface area contributed by atoms with Crippen molar-refractivity contribution in [2.24, 2.45) is 23.5 Å². The highest BCUT2D eigenvalue weighted by molar-refractivity contribution is 7.85. The minimum atomic E-state index is -2.42. The Morgan fingerprint density at radius 1 is 0.851 bits per heavy atom. The van der Waals surface area contributed by atoms with Crippen LogP contribution in [0.3, 0.4) is 0 Å². The van der Waals surface area contributed by atoms with Crippen molar-refractivity contribution >= 4 is 92.2 Å². The summed E-state index contributed by atoms with van der Waals surface area (Å²) in [6.07, 6.45) is -4.60. The van der Waals surface area contributed by atoms with Gasteiger partial charge in [-0.2, -0.15) is 0 Å². The quantitative estimate of drug-likeness (QED) is 0.0953. The molecule has 9 amide bonds. The average molecular weight is 1050 g/mol. The zero-order valence-corrected chi connectivity index (χ0v) is 41.7. The summed E-state index contributed by atoms with van der Waals surface area (Å²) in [4.78, 5) is 168. The van der Waals surface area contributed by atoms with Crippen molar-refractivity contribution in [2.75, 3.05) is 32.0 Å². The molecule has 6 rings (SSSR count). The summed E-state index contributed by atoms with van der Waals surface area (Å²) in [5.74, 6) is -14.7. The highest BCUT2D eigenvalue weighted by atomic mass is 32.2. The highest BCUT2D eigenvalue weighted by Gasteiger charge is 2.45. The van der Waals surface area contributed by atoms with Gasteiger partial charge in [0.05, 0.1) is 66.5 Å². The van der Waals surface area contributed by atoms with Gasteiger partial charge in [0.2, 0.25) is 41.4 Å². The van der Waals surface area contributed by atoms with Crippen LogP contribution < -0.4 is 32.3 Å². The van der Waals surface area contributed by atoms with Crippen molar-refractivity contribution in [1.29, 1.82) is 0 Å². The number of hydrogen-bond acceptors (Lipinski definition) is 16. The zero-order chi connectivity index (χ0) is 54.3. The number of hydrogen-bond donors (Lipinski definition) is 10. The fourth-order valence-corrected chi connectivity index (χ4v) is 10.8. The molecule has 0 radical (unpaired) electrons. The standard InChI is InChI=1S/C48H61N9O16S/c1-4-22(2)42-34(61)7-8-38(65)51-32-21-74(73)47-29(28-12-24(5-6-30(28)53-47)11-26(59)19-57-40(67)9-10-41(57)68)16-31(44(69)50-17-39(66)54-42)52-46(71)43(23(3)36(63)20-58)55-45(70)33-15-27(60)18-56(33)48(72)25(13-35(32)62)14-37(49)64/h5-6,9-10,12,22-23,25,27,31-33,36,42-43,53,58,60,63H,4,7-8,11,13-21H2,1-3H3,(H2,49,64)(H,50,69)(H,51,65)(H,52,71)(H,54,66)(H,55,70)/t22-,23?,25-,27+,31+,32-,33-,36?,42+,43-,74?/m0/s1. The summed E-state index contributed by atoms with van der Waals surface area (Å²) >= 11 is 0. The normalized spacial score (nSPS) is 27.4. The average Bonchev–Trinajstić information content (AvgIpc) is 4.03. The lowest BCUT2D eigenvalue weighted by atomic mass is 9.92. The molecule has 1 saturated heterocycles. The minimum absolute atomic E-state index is 0.0233. The van der Waals surface area contributed by atoms with E-state index in [1.165, 1.54) is 25.1 Å². The maximum absolute atomic E-state index is 15.0. The predicted molar refractivity (Wildman–Crippen MR) is 258 cm³/mol. The molecule has 11 N–H and O–H groups in total. The Balaban J connectivity index is 1.55. The van der Waals surface area contributed by atoms with Crippen LogP contribution in [-0.2, 0) is 81.2 Å². The maximum Gasteiger partial charge on any atom is 0.254 e. The number of ketones is 3. The second-order valence-corrected chi connectivity index (χ2v) is 20.6. The van der Waals surface area contributed by atoms with Crippen LogP contribution in [0.2, 0.25) is 0 Å². The van der Waals surface area contributed by atoms with E-state index >= 15 is 0 Å². The van der Waals surface area contributed by atoms with Crippen molar-refractivity contribution in [1.82, 2.24) is 41.4 Å². The van der Waals surface area contributed by atoms with Gasteiger partial charge in [-0.05, 0) is 29.2 Å². The Morgan fingerprint density at radius 2 is 1.55 bits per heavy atom. The third-order valence-corrected chi connectivity index (χ3v) is 15.2. The van der Waals surface area contributed by atoms with Crippen LogP contribution in [0.1, 0.15) is 70.4 Å². The van der Waals surface area contributed by atoms with Crippen molar-refractivity contribution in [3.8, 4) is 0 Å². The monoisotopic (exact) mass is 1050 g/mol. The van der Waals surface area contributed by atoms with E-state index in [1.807, 2.05) is 0 Å². The highest BCUT2D eigenvalue weighted by Crippen LogP contribution is 2.30. The number of aliphatic hydroxyl groups is 3. The van der Waals surface area contributed by atoms with Crippen LogP contribution in [0, 0.1) is 17.8 Å². The lowest BCUT2D eigenvalue weighted by Crippen LogP contribution is -2.60. The molecule has 4 aliphatic heterocycles. The van der Waals surface area contributed by atoms with Crippen LogP contribution in [0.4, 0.5) is 0 Å². The summed E-state index contributed by atoms with van der Waals surface area (Å²) in [6.45, 7) is 1.95. The molecule has 0 spiro atoms. The first kappa shape index (κ1) is 56.3. The third kappa shape index (κ3) is 13.4. The van der Waals surface area contributed by atoms with Gasteiger partial charge in [-0.25, -0.2) is 0 Å². The second-order valence-electron chi connectivity index (χ2n) is 19.2. The number of nitrogens with one attached hydrogen (secondary N) is 6. The summed E-state index contributed by atoms with van der Waals surface area (Å²) in [7, 11) is -2.42. The number of Topliss-reactive ketones (excluding diaryl/α,β-unsaturated/α-hetero) is 3. The van der Waals surface area contributed by atoms with Gasteiger partial charge >= 0.3 is 0 Å². The summed E-state index contributed by atoms with van der Waals surface area (Å²) in [6, 6.07) is -3.59. The molecule has 4 aliphatic rings. The van der Waals surface area contributed by atoms with E-state index in [-0.39, 0.29) is 27.9 Å². The van der Waals surface area contributed by atoms with Crippen molar-refractivity contribution in [2.45, 2.75) is 120 Å². The number of carbonyl (C=O) groups excluding carboxylic acids is 12. The topological polar surface area (TPSA) is 391 Å². The van der Waals surface area contributed by atoms with Gasteiger partial charge < -0.3 is 57.5 Å². The molecule has 74 heavy (non-hydrogen) atoms. The number of nitrogens with zero attached hydrogens (tertiary/aromatic N) is 2. The number of primary amides is 1. The SMILES string of the molecule is CC[C@H](C)[C@H]1NC(=O)CNC(=O)[C@H]2Cc3c([nH]c4ccc(CC(=O)CN5C(=O)C=CC5=O)cc34)S(=O)C[C@H](NC(=O)CCC1=O)C(=O)C[C@@H](CC(N)=O)C(=O)N1C[C@H](O)C[C@H]1C(=O)N[C@@H](C(C)C(O)CO)C(=O)N2. The van der Waals surface area contributed by atoms with Gasteiger partial charge in [-0.3, -0.25) is 66.6 Å². The van der Waals surface area contributed by atoms with Crippen LogP contribution in [-0.4, -0.2) is 179 Å². The van der Waals surface area contributed by atoms with Gasteiger partial charge in [0, 0.05) is 80.5 Å². The number of H-pyrrole nitrogens is 1. The molecule has 1 aromatic heterocycles. The van der Waals surface area contributed by atoms with E-state index in [4.69, 9.17) is 5.73 Å². The Labute approximate surface area is 426 Å².